The van der Waals surface area contributed by atoms with Gasteiger partial charge in [-0.05, 0) is 42.5 Å². The Bertz CT molecular complexity index is 596. The van der Waals surface area contributed by atoms with Gasteiger partial charge in [0.2, 0.25) is 0 Å². The Labute approximate surface area is 136 Å². The number of aliphatic hydroxyl groups is 1. The highest BCUT2D eigenvalue weighted by molar-refractivity contribution is 5.94. The zero-order valence-corrected chi connectivity index (χ0v) is 13.4. The van der Waals surface area contributed by atoms with Gasteiger partial charge in [-0.25, -0.2) is 0 Å². The molecule has 23 heavy (non-hydrogen) atoms. The number of amides is 1. The van der Waals surface area contributed by atoms with Crippen molar-refractivity contribution in [3.8, 4) is 0 Å². The van der Waals surface area contributed by atoms with Gasteiger partial charge < -0.3 is 14.7 Å². The molecule has 1 saturated carbocycles. The molecule has 2 atom stereocenters. The van der Waals surface area contributed by atoms with Crippen LogP contribution in [0, 0.1) is 0 Å². The highest BCUT2D eigenvalue weighted by Gasteiger charge is 2.33. The van der Waals surface area contributed by atoms with Gasteiger partial charge in [0.05, 0.1) is 19.3 Å². The summed E-state index contributed by atoms with van der Waals surface area (Å²) in [6, 6.07) is 6.21. The van der Waals surface area contributed by atoms with E-state index >= 15 is 0 Å². The Balaban J connectivity index is 1.39. The van der Waals surface area contributed by atoms with Gasteiger partial charge in [-0.3, -0.25) is 9.69 Å². The molecule has 5 nitrogen and oxygen atoms in total. The van der Waals surface area contributed by atoms with Gasteiger partial charge in [0.15, 0.2) is 0 Å². The molecule has 0 radical (unpaired) electrons. The number of aliphatic hydroxyl groups excluding tert-OH is 1. The molecule has 1 saturated heterocycles. The van der Waals surface area contributed by atoms with Crippen LogP contribution in [0.25, 0.3) is 0 Å². The first kappa shape index (κ1) is 15.1. The molecule has 4 rings (SSSR count). The summed E-state index contributed by atoms with van der Waals surface area (Å²) in [6.45, 7) is 4.49. The topological polar surface area (TPSA) is 53.0 Å². The molecule has 0 spiro atoms. The maximum absolute atomic E-state index is 12.7. The maximum Gasteiger partial charge on any atom is 0.253 e. The third-order valence-electron chi connectivity index (χ3n) is 5.48. The average Bonchev–Trinajstić information content (AvgIpc) is 3.22. The number of nitrogens with zero attached hydrogens (tertiary/aromatic N) is 2. The summed E-state index contributed by atoms with van der Waals surface area (Å²) in [5.74, 6) is 0.117. The quantitative estimate of drug-likeness (QED) is 0.896. The van der Waals surface area contributed by atoms with Crippen LogP contribution in [-0.4, -0.2) is 59.1 Å². The summed E-state index contributed by atoms with van der Waals surface area (Å²) in [5.41, 5.74) is 3.11. The Morgan fingerprint density at radius 1 is 1.09 bits per heavy atom. The molecule has 1 aliphatic carbocycles. The van der Waals surface area contributed by atoms with Crippen LogP contribution in [0.5, 0.6) is 0 Å². The molecule has 0 aromatic heterocycles. The number of hydrogen-bond acceptors (Lipinski definition) is 4. The molecule has 2 aliphatic heterocycles. The predicted molar refractivity (Wildman–Crippen MR) is 86.1 cm³/mol. The van der Waals surface area contributed by atoms with Crippen molar-refractivity contribution >= 4 is 5.91 Å². The van der Waals surface area contributed by atoms with Gasteiger partial charge in [0.1, 0.15) is 0 Å². The van der Waals surface area contributed by atoms with Crippen LogP contribution in [-0.2, 0) is 18.0 Å². The summed E-state index contributed by atoms with van der Waals surface area (Å²) in [4.78, 5) is 17.0. The number of rotatable bonds is 2. The fourth-order valence-corrected chi connectivity index (χ4v) is 4.09. The molecule has 0 bridgehead atoms. The van der Waals surface area contributed by atoms with Crippen LogP contribution in [0.1, 0.15) is 40.7 Å². The van der Waals surface area contributed by atoms with E-state index in [2.05, 4.69) is 4.90 Å². The maximum atomic E-state index is 12.7. The zero-order chi connectivity index (χ0) is 15.8. The molecule has 1 N–H and O–H groups in total. The minimum atomic E-state index is -0.186. The molecule has 1 aromatic rings. The Morgan fingerprint density at radius 2 is 1.87 bits per heavy atom. The molecule has 2 heterocycles. The van der Waals surface area contributed by atoms with Crippen molar-refractivity contribution < 1.29 is 14.6 Å². The van der Waals surface area contributed by atoms with Crippen molar-refractivity contribution in [1.82, 2.24) is 9.80 Å². The molecule has 1 aromatic carbocycles. The van der Waals surface area contributed by atoms with Gasteiger partial charge in [-0.15, -0.1) is 0 Å². The van der Waals surface area contributed by atoms with Crippen LogP contribution >= 0.6 is 0 Å². The summed E-state index contributed by atoms with van der Waals surface area (Å²) >= 11 is 0. The molecular weight excluding hydrogens is 292 g/mol. The average molecular weight is 316 g/mol. The van der Waals surface area contributed by atoms with Crippen molar-refractivity contribution in [2.24, 2.45) is 0 Å². The number of benzene rings is 1. The van der Waals surface area contributed by atoms with Crippen molar-refractivity contribution in [2.75, 3.05) is 26.2 Å². The second-order valence-electron chi connectivity index (χ2n) is 6.87. The number of carbonyl (C=O) groups is 1. The number of fused-ring (bicyclic) bond motifs is 1. The first-order chi connectivity index (χ1) is 11.2. The largest absolute Gasteiger partial charge is 0.391 e. The van der Waals surface area contributed by atoms with Crippen molar-refractivity contribution in [3.05, 3.63) is 34.9 Å². The summed E-state index contributed by atoms with van der Waals surface area (Å²) in [7, 11) is 0. The number of hydrogen-bond donors (Lipinski definition) is 1. The highest BCUT2D eigenvalue weighted by atomic mass is 16.5. The smallest absolute Gasteiger partial charge is 0.253 e. The van der Waals surface area contributed by atoms with E-state index in [1.165, 1.54) is 5.56 Å². The summed E-state index contributed by atoms with van der Waals surface area (Å²) in [5, 5.41) is 10.0. The highest BCUT2D eigenvalue weighted by Crippen LogP contribution is 2.26. The lowest BCUT2D eigenvalue weighted by Gasteiger charge is -2.39. The molecule has 124 valence electrons. The number of piperazine rings is 1. The molecule has 3 aliphatic rings. The minimum Gasteiger partial charge on any atom is -0.391 e. The van der Waals surface area contributed by atoms with Crippen molar-refractivity contribution in [1.29, 1.82) is 0 Å². The van der Waals surface area contributed by atoms with Gasteiger partial charge in [0, 0.05) is 37.8 Å². The van der Waals surface area contributed by atoms with E-state index in [9.17, 15) is 9.90 Å². The second-order valence-corrected chi connectivity index (χ2v) is 6.87. The lowest BCUT2D eigenvalue weighted by molar-refractivity contribution is 0.0315. The van der Waals surface area contributed by atoms with E-state index in [0.717, 1.165) is 56.6 Å². The van der Waals surface area contributed by atoms with Gasteiger partial charge in [-0.1, -0.05) is 6.07 Å². The first-order valence-electron chi connectivity index (χ1n) is 8.63. The summed E-state index contributed by atoms with van der Waals surface area (Å²) in [6.07, 6.45) is 2.93. The molecule has 1 amide bonds. The Hall–Kier alpha value is -1.43. The monoisotopic (exact) mass is 316 g/mol. The van der Waals surface area contributed by atoms with E-state index in [1.807, 2.05) is 23.1 Å². The predicted octanol–water partition coefficient (Wildman–Crippen LogP) is 1.39. The number of carbonyl (C=O) groups excluding carboxylic acids is 1. The summed E-state index contributed by atoms with van der Waals surface area (Å²) < 4.78 is 5.42. The van der Waals surface area contributed by atoms with Crippen molar-refractivity contribution in [3.63, 3.8) is 0 Å². The fourth-order valence-electron chi connectivity index (χ4n) is 4.09. The molecule has 5 heteroatoms. The lowest BCUT2D eigenvalue weighted by Crippen LogP contribution is -2.53. The third kappa shape index (κ3) is 2.89. The molecule has 2 fully saturated rings. The van der Waals surface area contributed by atoms with Gasteiger partial charge in [0.25, 0.3) is 5.91 Å². The Morgan fingerprint density at radius 3 is 2.61 bits per heavy atom. The second kappa shape index (κ2) is 6.23. The SMILES string of the molecule is O=C(c1ccc2c(c1)COC2)N1CCN([C@@H]2CCC[C@@H]2O)CC1. The van der Waals surface area contributed by atoms with Gasteiger partial charge >= 0.3 is 0 Å². The van der Waals surface area contributed by atoms with E-state index < -0.39 is 0 Å². The fraction of sp³-hybridized carbons (Fsp3) is 0.611. The van der Waals surface area contributed by atoms with E-state index in [-0.39, 0.29) is 12.0 Å². The standard InChI is InChI=1S/C18H24N2O3/c21-17-3-1-2-16(17)19-6-8-20(9-7-19)18(22)13-4-5-14-11-23-12-15(14)10-13/h4-5,10,16-17,21H,1-3,6-9,11-12H2/t16-,17+/m1/s1. The Kier molecular flexibility index (Phi) is 4.09. The first-order valence-corrected chi connectivity index (χ1v) is 8.63. The normalized spacial score (nSPS) is 28.1. The van der Waals surface area contributed by atoms with Crippen LogP contribution in [0.3, 0.4) is 0 Å². The van der Waals surface area contributed by atoms with Crippen LogP contribution < -0.4 is 0 Å². The van der Waals surface area contributed by atoms with E-state index in [1.54, 1.807) is 0 Å². The lowest BCUT2D eigenvalue weighted by atomic mass is 10.0. The molecule has 0 unspecified atom stereocenters. The minimum absolute atomic E-state index is 0.117. The van der Waals surface area contributed by atoms with E-state index in [0.29, 0.717) is 19.3 Å². The third-order valence-corrected chi connectivity index (χ3v) is 5.48. The van der Waals surface area contributed by atoms with E-state index in [4.69, 9.17) is 4.74 Å². The van der Waals surface area contributed by atoms with Gasteiger partial charge in [-0.2, -0.15) is 0 Å². The van der Waals surface area contributed by atoms with Crippen LogP contribution in [0.15, 0.2) is 18.2 Å². The van der Waals surface area contributed by atoms with Crippen LogP contribution in [0.2, 0.25) is 0 Å². The zero-order valence-electron chi connectivity index (χ0n) is 13.4. The number of ether oxygens (including phenoxy) is 1. The van der Waals surface area contributed by atoms with Crippen LogP contribution in [0.4, 0.5) is 0 Å². The molecular formula is C18H24N2O3. The van der Waals surface area contributed by atoms with Crippen molar-refractivity contribution in [2.45, 2.75) is 44.6 Å².